The molecule has 0 fully saturated rings. The van der Waals surface area contributed by atoms with Gasteiger partial charge in [0.1, 0.15) is 5.76 Å². The second kappa shape index (κ2) is 6.70. The number of ether oxygens (including phenoxy) is 1. The van der Waals surface area contributed by atoms with Crippen molar-refractivity contribution in [2.24, 2.45) is 5.41 Å². The topological polar surface area (TPSA) is 29.5 Å². The Balaban J connectivity index is 2.16. The van der Waals surface area contributed by atoms with E-state index >= 15 is 0 Å². The van der Waals surface area contributed by atoms with Gasteiger partial charge in [0.15, 0.2) is 0 Å². The molecule has 2 rings (SSSR count). The van der Waals surface area contributed by atoms with Crippen molar-refractivity contribution in [3.8, 4) is 0 Å². The summed E-state index contributed by atoms with van der Waals surface area (Å²) in [5.74, 6) is 0.711. The van der Waals surface area contributed by atoms with E-state index in [0.29, 0.717) is 5.76 Å². The van der Waals surface area contributed by atoms with Gasteiger partial charge < -0.3 is 9.84 Å². The third-order valence-electron chi connectivity index (χ3n) is 4.46. The van der Waals surface area contributed by atoms with Crippen LogP contribution in [0.15, 0.2) is 58.4 Å². The minimum absolute atomic E-state index is 0.259. The Morgan fingerprint density at radius 3 is 2.73 bits per heavy atom. The minimum Gasteiger partial charge on any atom is -0.461 e. The smallest absolute Gasteiger partial charge is 0.217 e. The van der Waals surface area contributed by atoms with Crippen molar-refractivity contribution in [3.63, 3.8) is 0 Å². The van der Waals surface area contributed by atoms with Gasteiger partial charge in [0.2, 0.25) is 6.29 Å². The van der Waals surface area contributed by atoms with Gasteiger partial charge in [-0.15, -0.1) is 0 Å². The molecule has 22 heavy (non-hydrogen) atoms. The Labute approximate surface area is 134 Å². The maximum Gasteiger partial charge on any atom is 0.217 e. The van der Waals surface area contributed by atoms with Crippen LogP contribution < -0.4 is 0 Å². The lowest BCUT2D eigenvalue weighted by Crippen LogP contribution is -2.19. The molecule has 0 saturated heterocycles. The van der Waals surface area contributed by atoms with E-state index in [2.05, 4.69) is 39.8 Å². The average molecular weight is 300 g/mol. The summed E-state index contributed by atoms with van der Waals surface area (Å²) in [7, 11) is 0. The van der Waals surface area contributed by atoms with Crippen LogP contribution in [-0.2, 0) is 4.74 Å². The summed E-state index contributed by atoms with van der Waals surface area (Å²) in [6.07, 6.45) is 12.9. The van der Waals surface area contributed by atoms with Crippen molar-refractivity contribution in [2.45, 2.75) is 60.2 Å². The second-order valence-electron chi connectivity index (χ2n) is 7.12. The Morgan fingerprint density at radius 2 is 2.09 bits per heavy atom. The van der Waals surface area contributed by atoms with Gasteiger partial charge in [0.05, 0.1) is 0 Å². The van der Waals surface area contributed by atoms with Crippen molar-refractivity contribution in [2.75, 3.05) is 0 Å². The van der Waals surface area contributed by atoms with E-state index < -0.39 is 6.29 Å². The van der Waals surface area contributed by atoms with E-state index in [9.17, 15) is 5.11 Å². The Bertz CT molecular complexity index is 583. The van der Waals surface area contributed by atoms with Gasteiger partial charge in [-0.1, -0.05) is 31.6 Å². The maximum absolute atomic E-state index is 9.61. The molecular weight excluding hydrogens is 272 g/mol. The van der Waals surface area contributed by atoms with Gasteiger partial charge in [0.25, 0.3) is 0 Å². The molecule has 1 aliphatic heterocycles. The Hall–Kier alpha value is -1.54. The first kappa shape index (κ1) is 16.8. The Morgan fingerprint density at radius 1 is 1.36 bits per heavy atom. The van der Waals surface area contributed by atoms with E-state index in [1.807, 2.05) is 19.1 Å². The van der Waals surface area contributed by atoms with Gasteiger partial charge in [-0.2, -0.15) is 0 Å². The van der Waals surface area contributed by atoms with Crippen LogP contribution in [-0.4, -0.2) is 11.4 Å². The molecule has 0 aromatic heterocycles. The van der Waals surface area contributed by atoms with Crippen molar-refractivity contribution < 1.29 is 9.84 Å². The molecule has 0 aromatic carbocycles. The first-order chi connectivity index (χ1) is 10.3. The van der Waals surface area contributed by atoms with Gasteiger partial charge in [-0.05, 0) is 80.4 Å². The quantitative estimate of drug-likeness (QED) is 0.726. The van der Waals surface area contributed by atoms with E-state index in [4.69, 9.17) is 4.74 Å². The fourth-order valence-corrected chi connectivity index (χ4v) is 3.28. The van der Waals surface area contributed by atoms with Crippen molar-refractivity contribution in [1.29, 1.82) is 0 Å². The number of rotatable bonds is 3. The zero-order chi connectivity index (χ0) is 16.3. The third kappa shape index (κ3) is 4.23. The predicted molar refractivity (Wildman–Crippen MR) is 92.2 cm³/mol. The summed E-state index contributed by atoms with van der Waals surface area (Å²) in [5, 5.41) is 9.61. The molecule has 0 saturated carbocycles. The molecule has 1 atom stereocenters. The largest absolute Gasteiger partial charge is 0.461 e. The zero-order valence-electron chi connectivity index (χ0n) is 14.4. The average Bonchev–Trinajstić information content (AvgIpc) is 2.35. The van der Waals surface area contributed by atoms with Crippen LogP contribution in [0.2, 0.25) is 0 Å². The van der Waals surface area contributed by atoms with Crippen LogP contribution in [0.3, 0.4) is 0 Å². The van der Waals surface area contributed by atoms with E-state index in [-0.39, 0.29) is 5.41 Å². The van der Waals surface area contributed by atoms with Gasteiger partial charge in [0, 0.05) is 0 Å². The number of hydrogen-bond acceptors (Lipinski definition) is 2. The molecule has 1 aliphatic carbocycles. The van der Waals surface area contributed by atoms with Crippen LogP contribution >= 0.6 is 0 Å². The molecule has 1 unspecified atom stereocenters. The second-order valence-corrected chi connectivity index (χ2v) is 7.12. The highest BCUT2D eigenvalue weighted by molar-refractivity contribution is 5.38. The molecule has 0 bridgehead atoms. The molecule has 0 spiro atoms. The lowest BCUT2D eigenvalue weighted by Gasteiger charge is -2.33. The van der Waals surface area contributed by atoms with Crippen LogP contribution in [0, 0.1) is 5.41 Å². The molecule has 0 amide bonds. The molecule has 1 N–H and O–H groups in total. The van der Waals surface area contributed by atoms with Gasteiger partial charge in [-0.25, -0.2) is 0 Å². The Kier molecular flexibility index (Phi) is 5.12. The summed E-state index contributed by atoms with van der Waals surface area (Å²) in [5.41, 5.74) is 5.36. The van der Waals surface area contributed by atoms with Crippen LogP contribution in [0.1, 0.15) is 53.9 Å². The van der Waals surface area contributed by atoms with E-state index in [1.54, 1.807) is 6.08 Å². The minimum atomic E-state index is -0.838. The summed E-state index contributed by atoms with van der Waals surface area (Å²) < 4.78 is 5.40. The summed E-state index contributed by atoms with van der Waals surface area (Å²) in [6.45, 7) is 10.9. The van der Waals surface area contributed by atoms with E-state index in [0.717, 1.165) is 11.1 Å². The molecule has 0 radical (unpaired) electrons. The number of aliphatic hydroxyl groups excluding tert-OH is 1. The third-order valence-corrected chi connectivity index (χ3v) is 4.46. The SMILES string of the molecule is CC(C=CC1=C(C)CCCC1(C)C)=CC1=CC(C)=CC(O)O1. The maximum atomic E-state index is 9.61. The molecule has 2 heteroatoms. The van der Waals surface area contributed by atoms with Crippen LogP contribution in [0.4, 0.5) is 0 Å². The highest BCUT2D eigenvalue weighted by atomic mass is 16.6. The molecule has 120 valence electrons. The van der Waals surface area contributed by atoms with Crippen molar-refractivity contribution >= 4 is 0 Å². The van der Waals surface area contributed by atoms with Gasteiger partial charge >= 0.3 is 0 Å². The van der Waals surface area contributed by atoms with Gasteiger partial charge in [-0.3, -0.25) is 0 Å². The molecule has 0 aromatic rings. The molecular formula is C20H28O2. The summed E-state index contributed by atoms with van der Waals surface area (Å²) in [6, 6.07) is 0. The standard InChI is InChI=1S/C20H28O2/c1-14(11-17-12-15(2)13-19(21)22-17)8-9-18-16(3)7-6-10-20(18,4)5/h8-9,11-13,19,21H,6-7,10H2,1-5H3. The molecule has 1 heterocycles. The molecule has 2 aliphatic rings. The van der Waals surface area contributed by atoms with Crippen molar-refractivity contribution in [1.82, 2.24) is 0 Å². The number of allylic oxidation sites excluding steroid dienone is 8. The van der Waals surface area contributed by atoms with Crippen molar-refractivity contribution in [3.05, 3.63) is 58.4 Å². The highest BCUT2D eigenvalue weighted by Gasteiger charge is 2.26. The number of aliphatic hydroxyl groups is 1. The number of hydrogen-bond donors (Lipinski definition) is 1. The zero-order valence-corrected chi connectivity index (χ0v) is 14.4. The summed E-state index contributed by atoms with van der Waals surface area (Å²) in [4.78, 5) is 0. The van der Waals surface area contributed by atoms with Crippen LogP contribution in [0.5, 0.6) is 0 Å². The highest BCUT2D eigenvalue weighted by Crippen LogP contribution is 2.40. The molecule has 2 nitrogen and oxygen atoms in total. The predicted octanol–water partition coefficient (Wildman–Crippen LogP) is 5.19. The first-order valence-corrected chi connectivity index (χ1v) is 8.09. The fourth-order valence-electron chi connectivity index (χ4n) is 3.28. The van der Waals surface area contributed by atoms with E-state index in [1.165, 1.54) is 30.4 Å². The first-order valence-electron chi connectivity index (χ1n) is 8.09. The monoisotopic (exact) mass is 300 g/mol. The normalized spacial score (nSPS) is 25.9. The summed E-state index contributed by atoms with van der Waals surface area (Å²) >= 11 is 0. The van der Waals surface area contributed by atoms with Crippen LogP contribution in [0.25, 0.3) is 0 Å². The fraction of sp³-hybridized carbons (Fsp3) is 0.500. The lowest BCUT2D eigenvalue weighted by atomic mass is 9.72. The lowest BCUT2D eigenvalue weighted by molar-refractivity contribution is -0.0249.